The van der Waals surface area contributed by atoms with Crippen molar-refractivity contribution in [3.8, 4) is 0 Å². The zero-order chi connectivity index (χ0) is 17.6. The third-order valence-electron chi connectivity index (χ3n) is 5.41. The van der Waals surface area contributed by atoms with Gasteiger partial charge in [-0.2, -0.15) is 0 Å². The first-order valence-corrected chi connectivity index (χ1v) is 9.37. The summed E-state index contributed by atoms with van der Waals surface area (Å²) in [7, 11) is 0. The zero-order valence-electron chi connectivity index (χ0n) is 15.4. The number of nitrogens with two attached hydrogens (primary N) is 1. The van der Waals surface area contributed by atoms with Crippen LogP contribution in [-0.2, 0) is 4.79 Å². The molecule has 0 aromatic heterocycles. The van der Waals surface area contributed by atoms with Gasteiger partial charge in [0.15, 0.2) is 0 Å². The molecule has 1 aliphatic rings. The molecule has 0 saturated carbocycles. The first kappa shape index (κ1) is 20.5. The minimum absolute atomic E-state index is 0. The molecule has 2 unspecified atom stereocenters. The van der Waals surface area contributed by atoms with Crippen molar-refractivity contribution in [2.45, 2.75) is 50.6 Å². The van der Waals surface area contributed by atoms with Crippen LogP contribution in [0.1, 0.15) is 49.7 Å². The van der Waals surface area contributed by atoms with Gasteiger partial charge in [0.25, 0.3) is 0 Å². The first-order valence-electron chi connectivity index (χ1n) is 9.37. The number of halogens is 1. The summed E-state index contributed by atoms with van der Waals surface area (Å²) in [6.07, 6.45) is 4.20. The standard InChI is InChI=1S/C22H28N2O.ClH/c1-2-19(22(23)25)24-16-10-9-15-20(24)21(17-11-5-3-6-12-17)18-13-7-4-8-14-18;/h3-8,11-14,19-21H,2,9-10,15-16H2,1H3,(H2,23,25);1H. The Labute approximate surface area is 163 Å². The fourth-order valence-corrected chi connectivity index (χ4v) is 4.28. The number of carbonyl (C=O) groups is 1. The number of likely N-dealkylation sites (tertiary alicyclic amines) is 1. The van der Waals surface area contributed by atoms with E-state index in [1.54, 1.807) is 0 Å². The summed E-state index contributed by atoms with van der Waals surface area (Å²) in [5, 5.41) is 0. The summed E-state index contributed by atoms with van der Waals surface area (Å²) >= 11 is 0. The summed E-state index contributed by atoms with van der Waals surface area (Å²) in [5.74, 6) is 0.0605. The number of hydrogen-bond donors (Lipinski definition) is 1. The molecule has 140 valence electrons. The van der Waals surface area contributed by atoms with Gasteiger partial charge in [-0.3, -0.25) is 9.69 Å². The lowest BCUT2D eigenvalue weighted by Gasteiger charge is -2.44. The first-order chi connectivity index (χ1) is 12.2. The molecule has 2 aromatic carbocycles. The number of nitrogens with zero attached hydrogens (tertiary/aromatic N) is 1. The van der Waals surface area contributed by atoms with Gasteiger partial charge in [-0.1, -0.05) is 74.0 Å². The number of hydrogen-bond acceptors (Lipinski definition) is 2. The number of rotatable bonds is 6. The summed E-state index contributed by atoms with van der Waals surface area (Å²) < 4.78 is 0. The van der Waals surface area contributed by atoms with Gasteiger partial charge in [0.2, 0.25) is 5.91 Å². The quantitative estimate of drug-likeness (QED) is 0.818. The predicted octanol–water partition coefficient (Wildman–Crippen LogP) is 4.36. The molecule has 0 bridgehead atoms. The van der Waals surface area contributed by atoms with E-state index in [0.29, 0.717) is 6.04 Å². The minimum atomic E-state index is -0.200. The average molecular weight is 373 g/mol. The topological polar surface area (TPSA) is 46.3 Å². The Bertz CT molecular complexity index is 638. The molecule has 26 heavy (non-hydrogen) atoms. The van der Waals surface area contributed by atoms with Gasteiger partial charge in [-0.05, 0) is 36.9 Å². The Hall–Kier alpha value is -1.84. The average Bonchev–Trinajstić information content (AvgIpc) is 2.65. The van der Waals surface area contributed by atoms with E-state index in [1.165, 1.54) is 17.5 Å². The van der Waals surface area contributed by atoms with Crippen molar-refractivity contribution in [1.82, 2.24) is 4.90 Å². The Balaban J connectivity index is 0.00000243. The molecule has 0 radical (unpaired) electrons. The highest BCUT2D eigenvalue weighted by molar-refractivity contribution is 5.85. The smallest absolute Gasteiger partial charge is 0.234 e. The lowest BCUT2D eigenvalue weighted by molar-refractivity contribution is -0.125. The molecule has 1 aliphatic heterocycles. The van der Waals surface area contributed by atoms with Gasteiger partial charge < -0.3 is 5.73 Å². The Kier molecular flexibility index (Phi) is 7.67. The maximum absolute atomic E-state index is 12.1. The van der Waals surface area contributed by atoms with E-state index in [2.05, 4.69) is 72.5 Å². The molecule has 2 N–H and O–H groups in total. The third kappa shape index (κ3) is 4.46. The molecular weight excluding hydrogens is 344 g/mol. The van der Waals surface area contributed by atoms with Crippen molar-refractivity contribution < 1.29 is 4.79 Å². The highest BCUT2D eigenvalue weighted by Crippen LogP contribution is 2.37. The molecule has 1 heterocycles. The van der Waals surface area contributed by atoms with E-state index < -0.39 is 0 Å². The van der Waals surface area contributed by atoms with E-state index in [9.17, 15) is 4.79 Å². The highest BCUT2D eigenvalue weighted by Gasteiger charge is 2.36. The van der Waals surface area contributed by atoms with Crippen LogP contribution in [0, 0.1) is 0 Å². The second kappa shape index (κ2) is 9.75. The number of amides is 1. The van der Waals surface area contributed by atoms with Crippen LogP contribution in [0.2, 0.25) is 0 Å². The highest BCUT2D eigenvalue weighted by atomic mass is 35.5. The lowest BCUT2D eigenvalue weighted by atomic mass is 9.79. The fraction of sp³-hybridized carbons (Fsp3) is 0.409. The summed E-state index contributed by atoms with van der Waals surface area (Å²) in [5.41, 5.74) is 8.36. The Morgan fingerprint density at radius 1 is 1.04 bits per heavy atom. The normalized spacial score (nSPS) is 18.9. The maximum atomic E-state index is 12.1. The number of carbonyl (C=O) groups excluding carboxylic acids is 1. The number of benzene rings is 2. The van der Waals surface area contributed by atoms with Crippen molar-refractivity contribution in [1.29, 1.82) is 0 Å². The zero-order valence-corrected chi connectivity index (χ0v) is 16.2. The molecule has 1 saturated heterocycles. The fourth-order valence-electron chi connectivity index (χ4n) is 4.28. The number of piperidine rings is 1. The lowest BCUT2D eigenvalue weighted by Crippen LogP contribution is -2.53. The second-order valence-electron chi connectivity index (χ2n) is 6.93. The molecule has 3 rings (SSSR count). The molecule has 1 amide bonds. The summed E-state index contributed by atoms with van der Waals surface area (Å²) in [6.45, 7) is 3.00. The Morgan fingerprint density at radius 2 is 1.58 bits per heavy atom. The molecule has 1 fully saturated rings. The van der Waals surface area contributed by atoms with Crippen molar-refractivity contribution >= 4 is 18.3 Å². The van der Waals surface area contributed by atoms with Crippen molar-refractivity contribution in [2.24, 2.45) is 5.73 Å². The minimum Gasteiger partial charge on any atom is -0.368 e. The molecule has 2 atom stereocenters. The van der Waals surface area contributed by atoms with Gasteiger partial charge in [-0.25, -0.2) is 0 Å². The van der Waals surface area contributed by atoms with E-state index in [0.717, 1.165) is 25.8 Å². The number of primary amides is 1. The van der Waals surface area contributed by atoms with Crippen LogP contribution in [0.25, 0.3) is 0 Å². The van der Waals surface area contributed by atoms with Crippen LogP contribution >= 0.6 is 12.4 Å². The van der Waals surface area contributed by atoms with E-state index in [1.807, 2.05) is 0 Å². The van der Waals surface area contributed by atoms with Gasteiger partial charge in [0, 0.05) is 12.0 Å². The SMILES string of the molecule is CCC(C(N)=O)N1CCCCC1C(c1ccccc1)c1ccccc1.Cl. The van der Waals surface area contributed by atoms with E-state index in [4.69, 9.17) is 5.73 Å². The van der Waals surface area contributed by atoms with Crippen LogP contribution < -0.4 is 5.73 Å². The maximum Gasteiger partial charge on any atom is 0.234 e. The molecular formula is C22H29ClN2O. The van der Waals surface area contributed by atoms with Gasteiger partial charge >= 0.3 is 0 Å². The van der Waals surface area contributed by atoms with Crippen LogP contribution in [0.5, 0.6) is 0 Å². The summed E-state index contributed by atoms with van der Waals surface area (Å²) in [4.78, 5) is 14.4. The van der Waals surface area contributed by atoms with Crippen LogP contribution in [0.4, 0.5) is 0 Å². The summed E-state index contributed by atoms with van der Waals surface area (Å²) in [6, 6.07) is 21.5. The van der Waals surface area contributed by atoms with Gasteiger partial charge in [-0.15, -0.1) is 12.4 Å². The van der Waals surface area contributed by atoms with E-state index in [-0.39, 0.29) is 30.3 Å². The Morgan fingerprint density at radius 3 is 2.04 bits per heavy atom. The van der Waals surface area contributed by atoms with Crippen molar-refractivity contribution in [2.75, 3.05) is 6.54 Å². The van der Waals surface area contributed by atoms with Crippen LogP contribution in [0.3, 0.4) is 0 Å². The van der Waals surface area contributed by atoms with Crippen LogP contribution in [-0.4, -0.2) is 29.4 Å². The van der Waals surface area contributed by atoms with E-state index >= 15 is 0 Å². The van der Waals surface area contributed by atoms with Gasteiger partial charge in [0.05, 0.1) is 6.04 Å². The molecule has 2 aromatic rings. The molecule has 0 spiro atoms. The second-order valence-corrected chi connectivity index (χ2v) is 6.93. The largest absolute Gasteiger partial charge is 0.368 e. The third-order valence-corrected chi connectivity index (χ3v) is 5.41. The monoisotopic (exact) mass is 372 g/mol. The molecule has 4 heteroatoms. The van der Waals surface area contributed by atoms with Crippen LogP contribution in [0.15, 0.2) is 60.7 Å². The molecule has 0 aliphatic carbocycles. The predicted molar refractivity (Wildman–Crippen MR) is 110 cm³/mol. The van der Waals surface area contributed by atoms with Gasteiger partial charge in [0.1, 0.15) is 0 Å². The van der Waals surface area contributed by atoms with Crippen molar-refractivity contribution in [3.63, 3.8) is 0 Å². The van der Waals surface area contributed by atoms with Crippen molar-refractivity contribution in [3.05, 3.63) is 71.8 Å². The molecule has 3 nitrogen and oxygen atoms in total.